The Morgan fingerprint density at radius 3 is 2.92 bits per heavy atom. The summed E-state index contributed by atoms with van der Waals surface area (Å²) in [6.45, 7) is 0.120. The standard InChI is InChI=1S/C17H18N4O4/c18-15(22)13-8-12(21(24)25)9-19-16(13)20-10-17(23)7-3-5-11-4-1-2-6-14(11)17/h1-2,4,6,8-9,23H,3,5,7,10H2,(H2,18,22)(H,19,20). The number of benzene rings is 1. The number of fused-ring (bicyclic) bond motifs is 1. The molecule has 1 aromatic carbocycles. The first kappa shape index (κ1) is 16.8. The normalized spacial score (nSPS) is 19.1. The first-order chi connectivity index (χ1) is 11.9. The van der Waals surface area contributed by atoms with Crippen LogP contribution in [0.1, 0.15) is 34.3 Å². The molecule has 25 heavy (non-hydrogen) atoms. The average Bonchev–Trinajstić information content (AvgIpc) is 2.60. The van der Waals surface area contributed by atoms with E-state index in [9.17, 15) is 20.0 Å². The van der Waals surface area contributed by atoms with Crippen molar-refractivity contribution in [3.8, 4) is 0 Å². The monoisotopic (exact) mass is 342 g/mol. The van der Waals surface area contributed by atoms with Crippen LogP contribution in [0, 0.1) is 10.1 Å². The van der Waals surface area contributed by atoms with Gasteiger partial charge in [-0.05, 0) is 30.4 Å². The lowest BCUT2D eigenvalue weighted by atomic mass is 9.79. The van der Waals surface area contributed by atoms with E-state index in [1.54, 1.807) is 0 Å². The van der Waals surface area contributed by atoms with E-state index in [4.69, 9.17) is 5.73 Å². The summed E-state index contributed by atoms with van der Waals surface area (Å²) in [5.74, 6) is -0.704. The van der Waals surface area contributed by atoms with Gasteiger partial charge in [0.15, 0.2) is 0 Å². The molecule has 1 aromatic heterocycles. The molecule has 0 saturated heterocycles. The third-order valence-electron chi connectivity index (χ3n) is 4.45. The molecule has 1 heterocycles. The minimum Gasteiger partial charge on any atom is -0.383 e. The summed E-state index contributed by atoms with van der Waals surface area (Å²) in [6, 6.07) is 8.75. The minimum absolute atomic E-state index is 0.0816. The van der Waals surface area contributed by atoms with Crippen molar-refractivity contribution >= 4 is 17.4 Å². The quantitative estimate of drug-likeness (QED) is 0.560. The van der Waals surface area contributed by atoms with Crippen molar-refractivity contribution in [1.82, 2.24) is 4.98 Å². The number of amides is 1. The van der Waals surface area contributed by atoms with Crippen LogP contribution in [0.15, 0.2) is 36.5 Å². The summed E-state index contributed by atoms with van der Waals surface area (Å²) >= 11 is 0. The van der Waals surface area contributed by atoms with Crippen LogP contribution in [-0.2, 0) is 12.0 Å². The highest BCUT2D eigenvalue weighted by atomic mass is 16.6. The van der Waals surface area contributed by atoms with Gasteiger partial charge < -0.3 is 16.2 Å². The number of nitrogens with zero attached hydrogens (tertiary/aromatic N) is 2. The molecule has 1 unspecified atom stereocenters. The molecule has 0 saturated carbocycles. The smallest absolute Gasteiger partial charge is 0.288 e. The van der Waals surface area contributed by atoms with Crippen LogP contribution in [0.5, 0.6) is 0 Å². The highest BCUT2D eigenvalue weighted by Gasteiger charge is 2.34. The van der Waals surface area contributed by atoms with Gasteiger partial charge in [0.2, 0.25) is 0 Å². The number of aliphatic hydroxyl groups is 1. The van der Waals surface area contributed by atoms with E-state index in [1.165, 1.54) is 0 Å². The molecule has 0 fully saturated rings. The van der Waals surface area contributed by atoms with Crippen molar-refractivity contribution < 1.29 is 14.8 Å². The summed E-state index contributed by atoms with van der Waals surface area (Å²) in [6.07, 6.45) is 3.36. The van der Waals surface area contributed by atoms with E-state index in [2.05, 4.69) is 10.3 Å². The van der Waals surface area contributed by atoms with Gasteiger partial charge in [-0.3, -0.25) is 14.9 Å². The number of nitrogens with two attached hydrogens (primary N) is 1. The van der Waals surface area contributed by atoms with Gasteiger partial charge in [-0.25, -0.2) is 4.98 Å². The Morgan fingerprint density at radius 1 is 1.44 bits per heavy atom. The Kier molecular flexibility index (Phi) is 4.37. The second-order valence-electron chi connectivity index (χ2n) is 6.11. The molecule has 0 bridgehead atoms. The number of aryl methyl sites for hydroxylation is 1. The van der Waals surface area contributed by atoms with Crippen molar-refractivity contribution in [2.24, 2.45) is 5.73 Å². The molecule has 0 radical (unpaired) electrons. The fourth-order valence-corrected chi connectivity index (χ4v) is 3.19. The second kappa shape index (κ2) is 6.48. The minimum atomic E-state index is -1.10. The Hall–Kier alpha value is -3.00. The van der Waals surface area contributed by atoms with Crippen molar-refractivity contribution in [2.45, 2.75) is 24.9 Å². The molecule has 1 atom stereocenters. The molecule has 2 aromatic rings. The maximum Gasteiger partial charge on any atom is 0.288 e. The van der Waals surface area contributed by atoms with E-state index >= 15 is 0 Å². The van der Waals surface area contributed by atoms with Crippen molar-refractivity contribution in [3.63, 3.8) is 0 Å². The Morgan fingerprint density at radius 2 is 2.20 bits per heavy atom. The second-order valence-corrected chi connectivity index (χ2v) is 6.11. The maximum absolute atomic E-state index is 11.6. The number of hydrogen-bond acceptors (Lipinski definition) is 6. The molecule has 130 valence electrons. The topological polar surface area (TPSA) is 131 Å². The number of primary amides is 1. The first-order valence-electron chi connectivity index (χ1n) is 7.89. The number of anilines is 1. The Bertz CT molecular complexity index is 839. The van der Waals surface area contributed by atoms with Crippen LogP contribution in [0.3, 0.4) is 0 Å². The molecule has 8 nitrogen and oxygen atoms in total. The summed E-state index contributed by atoms with van der Waals surface area (Å²) in [5, 5.41) is 24.8. The van der Waals surface area contributed by atoms with Gasteiger partial charge in [-0.2, -0.15) is 0 Å². The molecule has 4 N–H and O–H groups in total. The van der Waals surface area contributed by atoms with Crippen LogP contribution in [-0.4, -0.2) is 27.5 Å². The third kappa shape index (κ3) is 3.29. The van der Waals surface area contributed by atoms with Gasteiger partial charge in [0, 0.05) is 12.6 Å². The van der Waals surface area contributed by atoms with Gasteiger partial charge in [-0.15, -0.1) is 0 Å². The molecule has 1 aliphatic rings. The van der Waals surface area contributed by atoms with Gasteiger partial charge in [-0.1, -0.05) is 24.3 Å². The molecule has 1 aliphatic carbocycles. The molecule has 0 spiro atoms. The zero-order chi connectivity index (χ0) is 18.0. The summed E-state index contributed by atoms with van der Waals surface area (Å²) in [7, 11) is 0. The van der Waals surface area contributed by atoms with Gasteiger partial charge in [0.05, 0.1) is 10.5 Å². The third-order valence-corrected chi connectivity index (χ3v) is 4.45. The lowest BCUT2D eigenvalue weighted by Crippen LogP contribution is -2.38. The van der Waals surface area contributed by atoms with Crippen molar-refractivity contribution in [3.05, 3.63) is 63.3 Å². The molecular formula is C17H18N4O4. The lowest BCUT2D eigenvalue weighted by Gasteiger charge is -2.35. The first-order valence-corrected chi connectivity index (χ1v) is 7.89. The predicted molar refractivity (Wildman–Crippen MR) is 91.2 cm³/mol. The van der Waals surface area contributed by atoms with Gasteiger partial charge in [0.25, 0.3) is 11.6 Å². The number of pyridine rings is 1. The van der Waals surface area contributed by atoms with Crippen LogP contribution in [0.25, 0.3) is 0 Å². The summed E-state index contributed by atoms with van der Waals surface area (Å²) in [5.41, 5.74) is 5.73. The Balaban J connectivity index is 1.87. The molecule has 1 amide bonds. The summed E-state index contributed by atoms with van der Waals surface area (Å²) in [4.78, 5) is 25.7. The fraction of sp³-hybridized carbons (Fsp3) is 0.294. The van der Waals surface area contributed by atoms with Crippen molar-refractivity contribution in [1.29, 1.82) is 0 Å². The molecule has 0 aliphatic heterocycles. The molecule has 3 rings (SSSR count). The van der Waals surface area contributed by atoms with E-state index in [-0.39, 0.29) is 23.6 Å². The number of hydrogen-bond donors (Lipinski definition) is 3. The zero-order valence-electron chi connectivity index (χ0n) is 13.4. The summed E-state index contributed by atoms with van der Waals surface area (Å²) < 4.78 is 0. The van der Waals surface area contributed by atoms with E-state index in [1.807, 2.05) is 24.3 Å². The van der Waals surface area contributed by atoms with Crippen LogP contribution >= 0.6 is 0 Å². The Labute approximate surface area is 143 Å². The maximum atomic E-state index is 11.6. The lowest BCUT2D eigenvalue weighted by molar-refractivity contribution is -0.385. The number of carbonyl (C=O) groups excluding carboxylic acids is 1. The predicted octanol–water partition coefficient (Wildman–Crippen LogP) is 1.72. The van der Waals surface area contributed by atoms with Crippen molar-refractivity contribution in [2.75, 3.05) is 11.9 Å². The highest BCUT2D eigenvalue weighted by Crippen LogP contribution is 2.35. The van der Waals surface area contributed by atoms with Crippen LogP contribution in [0.2, 0.25) is 0 Å². The van der Waals surface area contributed by atoms with Gasteiger partial charge in [0.1, 0.15) is 17.6 Å². The number of carbonyl (C=O) groups is 1. The van der Waals surface area contributed by atoms with E-state index < -0.39 is 16.4 Å². The van der Waals surface area contributed by atoms with Crippen LogP contribution in [0.4, 0.5) is 11.5 Å². The number of rotatable bonds is 5. The number of aromatic nitrogens is 1. The van der Waals surface area contributed by atoms with E-state index in [0.29, 0.717) is 6.42 Å². The number of nitrogens with one attached hydrogen (secondary N) is 1. The molecular weight excluding hydrogens is 324 g/mol. The highest BCUT2D eigenvalue weighted by molar-refractivity contribution is 5.98. The number of nitro groups is 1. The van der Waals surface area contributed by atoms with Gasteiger partial charge >= 0.3 is 0 Å². The fourth-order valence-electron chi connectivity index (χ4n) is 3.19. The van der Waals surface area contributed by atoms with E-state index in [0.717, 1.165) is 36.2 Å². The largest absolute Gasteiger partial charge is 0.383 e. The molecule has 8 heteroatoms. The van der Waals surface area contributed by atoms with Crippen LogP contribution < -0.4 is 11.1 Å². The SMILES string of the molecule is NC(=O)c1cc([N+](=O)[O-])cnc1NCC1(O)CCCc2ccccc21. The zero-order valence-corrected chi connectivity index (χ0v) is 13.4. The average molecular weight is 342 g/mol.